The van der Waals surface area contributed by atoms with E-state index in [-0.39, 0.29) is 0 Å². The number of methoxy groups -OCH3 is 1. The van der Waals surface area contributed by atoms with E-state index in [0.717, 1.165) is 24.2 Å². The van der Waals surface area contributed by atoms with Crippen LogP contribution < -0.4 is 5.32 Å². The second-order valence-corrected chi connectivity index (χ2v) is 4.12. The molecule has 13 heteroatoms. The highest BCUT2D eigenvalue weighted by Crippen LogP contribution is 2.46. The van der Waals surface area contributed by atoms with Gasteiger partial charge in [-0.15, -0.1) is 0 Å². The van der Waals surface area contributed by atoms with Crippen LogP contribution in [0.1, 0.15) is 10.5 Å². The number of hydrogen-bond acceptors (Lipinski definition) is 4. The molecular weight excluding hydrogens is 343 g/mol. The molecule has 1 aromatic heterocycles. The average molecular weight is 351 g/mol. The predicted molar refractivity (Wildman–Crippen MR) is 59.1 cm³/mol. The van der Waals surface area contributed by atoms with Gasteiger partial charge in [-0.05, 0) is 0 Å². The fourth-order valence-electron chi connectivity index (χ4n) is 1.39. The summed E-state index contributed by atoms with van der Waals surface area (Å²) in [5.74, 6) is -16.9. The molecule has 0 aliphatic rings. The molecule has 0 bridgehead atoms. The molecule has 0 fully saturated rings. The molecule has 0 aliphatic carbocycles. The number of carbonyl (C=O) groups is 2. The Bertz CT molecular complexity index is 624. The lowest BCUT2D eigenvalue weighted by atomic mass is 10.1. The van der Waals surface area contributed by atoms with Gasteiger partial charge in [-0.2, -0.15) is 35.8 Å². The predicted octanol–water partition coefficient (Wildman–Crippen LogP) is 1.98. The van der Waals surface area contributed by atoms with E-state index in [4.69, 9.17) is 0 Å². The van der Waals surface area contributed by atoms with Gasteiger partial charge in [0.15, 0.2) is 5.69 Å². The van der Waals surface area contributed by atoms with Gasteiger partial charge in [-0.25, -0.2) is 4.79 Å². The van der Waals surface area contributed by atoms with Crippen LogP contribution in [-0.2, 0) is 16.6 Å². The first-order valence-corrected chi connectivity index (χ1v) is 5.51. The van der Waals surface area contributed by atoms with E-state index in [1.807, 2.05) is 0 Å². The van der Waals surface area contributed by atoms with Crippen LogP contribution in [0.4, 0.5) is 36.4 Å². The molecule has 0 radical (unpaired) electrons. The number of hydrogen-bond donors (Lipinski definition) is 1. The number of rotatable bonds is 4. The summed E-state index contributed by atoms with van der Waals surface area (Å²) in [6.45, 7) is 0. The van der Waals surface area contributed by atoms with Crippen molar-refractivity contribution in [3.05, 3.63) is 11.9 Å². The molecule has 0 aliphatic heterocycles. The van der Waals surface area contributed by atoms with Crippen LogP contribution in [0.2, 0.25) is 0 Å². The van der Waals surface area contributed by atoms with Crippen molar-refractivity contribution in [2.45, 2.75) is 18.0 Å². The number of ether oxygens (including phenoxy) is 1. The Morgan fingerprint density at radius 2 is 1.70 bits per heavy atom. The highest BCUT2D eigenvalue weighted by atomic mass is 19.4. The Morgan fingerprint density at radius 1 is 1.17 bits per heavy atom. The largest absolute Gasteiger partial charge is 0.464 e. The van der Waals surface area contributed by atoms with Gasteiger partial charge in [0.1, 0.15) is 0 Å². The van der Waals surface area contributed by atoms with Crippen LogP contribution >= 0.6 is 0 Å². The third-order valence-electron chi connectivity index (χ3n) is 2.60. The van der Waals surface area contributed by atoms with Crippen molar-refractivity contribution >= 4 is 17.6 Å². The van der Waals surface area contributed by atoms with Crippen LogP contribution in [0.5, 0.6) is 0 Å². The molecule has 1 heterocycles. The molecule has 130 valence electrons. The third-order valence-corrected chi connectivity index (χ3v) is 2.60. The van der Waals surface area contributed by atoms with Gasteiger partial charge in [0.2, 0.25) is 0 Å². The average Bonchev–Trinajstić information content (AvgIpc) is 2.77. The van der Waals surface area contributed by atoms with Crippen LogP contribution in [0.25, 0.3) is 0 Å². The van der Waals surface area contributed by atoms with Crippen molar-refractivity contribution in [3.63, 3.8) is 0 Å². The van der Waals surface area contributed by atoms with Crippen LogP contribution in [0.15, 0.2) is 6.20 Å². The standard InChI is InChI=1S/C10H8F7N3O3/c1-20-5(6(21)23-2)4(3-18-20)19-7(22)8(11,12)9(13,14)10(15,16)17/h3H,1-2H3,(H,19,22). The number of amides is 1. The molecule has 0 unspecified atom stereocenters. The Morgan fingerprint density at radius 3 is 2.13 bits per heavy atom. The number of nitrogens with one attached hydrogen (secondary N) is 1. The first-order chi connectivity index (χ1) is 10.3. The smallest absolute Gasteiger partial charge is 0.460 e. The van der Waals surface area contributed by atoms with Gasteiger partial charge >= 0.3 is 29.9 Å². The summed E-state index contributed by atoms with van der Waals surface area (Å²) in [5, 5.41) is 4.49. The minimum absolute atomic E-state index is 0.603. The number of anilines is 1. The summed E-state index contributed by atoms with van der Waals surface area (Å²) in [5.41, 5.74) is -1.45. The number of carbonyl (C=O) groups excluding carboxylic acids is 2. The molecule has 0 saturated heterocycles. The van der Waals surface area contributed by atoms with Gasteiger partial charge in [-0.3, -0.25) is 9.48 Å². The minimum Gasteiger partial charge on any atom is -0.464 e. The first kappa shape index (κ1) is 18.7. The summed E-state index contributed by atoms with van der Waals surface area (Å²) >= 11 is 0. The van der Waals surface area contributed by atoms with Gasteiger partial charge in [0.05, 0.1) is 19.0 Å². The lowest BCUT2D eigenvalue weighted by Gasteiger charge is -2.26. The fourth-order valence-corrected chi connectivity index (χ4v) is 1.39. The molecular formula is C10H8F7N3O3. The zero-order valence-corrected chi connectivity index (χ0v) is 11.3. The number of alkyl halides is 7. The van der Waals surface area contributed by atoms with Gasteiger partial charge in [0, 0.05) is 7.05 Å². The normalized spacial score (nSPS) is 12.9. The fraction of sp³-hybridized carbons (Fsp3) is 0.500. The molecule has 6 nitrogen and oxygen atoms in total. The van der Waals surface area contributed by atoms with E-state index in [2.05, 4.69) is 9.84 Å². The van der Waals surface area contributed by atoms with Crippen molar-refractivity contribution in [3.8, 4) is 0 Å². The van der Waals surface area contributed by atoms with Gasteiger partial charge < -0.3 is 10.1 Å². The maximum atomic E-state index is 13.2. The topological polar surface area (TPSA) is 73.2 Å². The number of esters is 1. The lowest BCUT2D eigenvalue weighted by Crippen LogP contribution is -2.57. The first-order valence-electron chi connectivity index (χ1n) is 5.51. The zero-order valence-electron chi connectivity index (χ0n) is 11.3. The van der Waals surface area contributed by atoms with Crippen molar-refractivity contribution in [1.29, 1.82) is 0 Å². The van der Waals surface area contributed by atoms with E-state index >= 15 is 0 Å². The quantitative estimate of drug-likeness (QED) is 0.665. The number of aryl methyl sites for hydroxylation is 1. The number of nitrogens with zero attached hydrogens (tertiary/aromatic N) is 2. The van der Waals surface area contributed by atoms with Crippen molar-refractivity contribution in [2.75, 3.05) is 12.4 Å². The maximum Gasteiger partial charge on any atom is 0.460 e. The third kappa shape index (κ3) is 3.07. The van der Waals surface area contributed by atoms with E-state index < -0.39 is 41.3 Å². The summed E-state index contributed by atoms with van der Waals surface area (Å²) in [6.07, 6.45) is -6.06. The van der Waals surface area contributed by atoms with Crippen LogP contribution in [0.3, 0.4) is 0 Å². The summed E-state index contributed by atoms with van der Waals surface area (Å²) in [4.78, 5) is 22.5. The Kier molecular flexibility index (Phi) is 4.64. The highest BCUT2D eigenvalue weighted by molar-refractivity contribution is 6.02. The monoisotopic (exact) mass is 351 g/mol. The van der Waals surface area contributed by atoms with Crippen molar-refractivity contribution in [2.24, 2.45) is 7.05 Å². The molecule has 0 aromatic carbocycles. The summed E-state index contributed by atoms with van der Waals surface area (Å²) in [6, 6.07) is 0. The van der Waals surface area contributed by atoms with E-state index in [1.165, 1.54) is 0 Å². The van der Waals surface area contributed by atoms with Gasteiger partial charge in [0.25, 0.3) is 0 Å². The summed E-state index contributed by atoms with van der Waals surface area (Å²) < 4.78 is 92.8. The summed E-state index contributed by atoms with van der Waals surface area (Å²) in [7, 11) is 2.00. The SMILES string of the molecule is COC(=O)c1c(NC(=O)C(F)(F)C(F)(F)C(F)(F)F)cnn1C. The Balaban J connectivity index is 3.17. The second-order valence-electron chi connectivity index (χ2n) is 4.12. The van der Waals surface area contributed by atoms with E-state index in [0.29, 0.717) is 6.20 Å². The zero-order chi connectivity index (χ0) is 18.2. The lowest BCUT2D eigenvalue weighted by molar-refractivity contribution is -0.343. The molecule has 1 amide bonds. The van der Waals surface area contributed by atoms with E-state index in [1.54, 1.807) is 0 Å². The number of aromatic nitrogens is 2. The minimum atomic E-state index is -6.66. The highest BCUT2D eigenvalue weighted by Gasteiger charge is 2.76. The Labute approximate surface area is 123 Å². The maximum absolute atomic E-state index is 13.2. The van der Waals surface area contributed by atoms with Crippen molar-refractivity contribution < 1.29 is 45.1 Å². The van der Waals surface area contributed by atoms with Crippen LogP contribution in [-0.4, -0.2) is 46.8 Å². The van der Waals surface area contributed by atoms with Gasteiger partial charge in [-0.1, -0.05) is 0 Å². The number of halogens is 7. The van der Waals surface area contributed by atoms with Crippen molar-refractivity contribution in [1.82, 2.24) is 9.78 Å². The van der Waals surface area contributed by atoms with E-state index in [9.17, 15) is 40.3 Å². The molecule has 0 spiro atoms. The molecule has 23 heavy (non-hydrogen) atoms. The molecule has 1 aromatic rings. The van der Waals surface area contributed by atoms with Crippen LogP contribution in [0, 0.1) is 0 Å². The molecule has 0 atom stereocenters. The Hall–Kier alpha value is -2.34. The second kappa shape index (κ2) is 5.70. The molecule has 1 N–H and O–H groups in total. The molecule has 0 saturated carbocycles. The molecule has 1 rings (SSSR count).